The maximum Gasteiger partial charge on any atom is 0.195 e. The predicted octanol–water partition coefficient (Wildman–Crippen LogP) is 6.96. The number of ketones is 1. The Kier molecular flexibility index (Phi) is 6.94. The molecule has 1 aromatic heterocycles. The number of ether oxygens (including phenoxy) is 2. The molecule has 3 aromatic rings. The molecule has 0 N–H and O–H groups in total. The van der Waals surface area contributed by atoms with E-state index < -0.39 is 0 Å². The van der Waals surface area contributed by atoms with Gasteiger partial charge in [-0.2, -0.15) is 0 Å². The van der Waals surface area contributed by atoms with Crippen LogP contribution in [0.2, 0.25) is 5.02 Å². The van der Waals surface area contributed by atoms with E-state index in [1.54, 1.807) is 19.3 Å². The average molecular weight is 478 g/mol. The molecule has 1 heterocycles. The summed E-state index contributed by atoms with van der Waals surface area (Å²) in [6, 6.07) is 13.2. The van der Waals surface area contributed by atoms with E-state index in [0.29, 0.717) is 28.0 Å². The van der Waals surface area contributed by atoms with Crippen molar-refractivity contribution < 1.29 is 14.3 Å². The van der Waals surface area contributed by atoms with Crippen LogP contribution in [0.3, 0.4) is 0 Å². The lowest BCUT2D eigenvalue weighted by Gasteiger charge is -2.12. The van der Waals surface area contributed by atoms with Crippen LogP contribution in [-0.4, -0.2) is 12.9 Å². The zero-order chi connectivity index (χ0) is 20.1. The third-order valence-corrected chi connectivity index (χ3v) is 6.01. The first-order valence-electron chi connectivity index (χ1n) is 8.48. The number of aryl methyl sites for hydroxylation is 1. The third kappa shape index (κ3) is 5.25. The van der Waals surface area contributed by atoms with Gasteiger partial charge in [0.15, 0.2) is 5.78 Å². The van der Waals surface area contributed by atoms with Gasteiger partial charge < -0.3 is 9.47 Å². The Hall–Kier alpha value is -2.08. The highest BCUT2D eigenvalue weighted by Crippen LogP contribution is 2.28. The molecule has 28 heavy (non-hydrogen) atoms. The molecule has 0 amide bonds. The number of benzene rings is 2. The molecular formula is C22H18BrClO3S. The standard InChI is InChI=1S/C22H18BrClO3S/c1-14-3-7-21(18(24)9-14)27-12-16-10-15(5-8-20(16)26-2)4-6-19(25)22-11-17(23)13-28-22/h3-11,13H,12H2,1-2H3/b6-4+. The van der Waals surface area contributed by atoms with E-state index in [-0.39, 0.29) is 5.78 Å². The number of rotatable bonds is 7. The molecule has 144 valence electrons. The first kappa shape index (κ1) is 20.6. The van der Waals surface area contributed by atoms with Crippen LogP contribution in [0.15, 0.2) is 58.4 Å². The summed E-state index contributed by atoms with van der Waals surface area (Å²) in [6.45, 7) is 2.28. The average Bonchev–Trinajstić information content (AvgIpc) is 3.12. The van der Waals surface area contributed by atoms with Gasteiger partial charge in [0.25, 0.3) is 0 Å². The maximum absolute atomic E-state index is 12.3. The number of thiophene rings is 1. The van der Waals surface area contributed by atoms with Crippen LogP contribution in [0.1, 0.15) is 26.4 Å². The second-order valence-electron chi connectivity index (χ2n) is 6.12. The Balaban J connectivity index is 1.75. The van der Waals surface area contributed by atoms with Crippen LogP contribution in [0, 0.1) is 6.92 Å². The van der Waals surface area contributed by atoms with Crippen molar-refractivity contribution in [3.05, 3.63) is 85.0 Å². The van der Waals surface area contributed by atoms with Crippen LogP contribution in [0.4, 0.5) is 0 Å². The first-order chi connectivity index (χ1) is 13.5. The summed E-state index contributed by atoms with van der Waals surface area (Å²) in [5, 5.41) is 2.46. The Morgan fingerprint density at radius 3 is 2.64 bits per heavy atom. The van der Waals surface area contributed by atoms with Crippen molar-refractivity contribution >= 4 is 50.7 Å². The molecule has 6 heteroatoms. The van der Waals surface area contributed by atoms with E-state index in [1.165, 1.54) is 11.3 Å². The minimum absolute atomic E-state index is 0.0317. The van der Waals surface area contributed by atoms with E-state index in [4.69, 9.17) is 21.1 Å². The molecule has 0 spiro atoms. The zero-order valence-corrected chi connectivity index (χ0v) is 18.5. The second kappa shape index (κ2) is 9.41. The summed E-state index contributed by atoms with van der Waals surface area (Å²) in [5.74, 6) is 1.30. The molecule has 0 saturated heterocycles. The minimum atomic E-state index is -0.0317. The van der Waals surface area contributed by atoms with E-state index in [0.717, 1.165) is 21.2 Å². The maximum atomic E-state index is 12.3. The lowest BCUT2D eigenvalue weighted by atomic mass is 10.1. The van der Waals surface area contributed by atoms with Gasteiger partial charge in [-0.1, -0.05) is 29.8 Å². The van der Waals surface area contributed by atoms with Crippen molar-refractivity contribution in [2.45, 2.75) is 13.5 Å². The van der Waals surface area contributed by atoms with Crippen LogP contribution in [0.5, 0.6) is 11.5 Å². The SMILES string of the molecule is COc1ccc(/C=C/C(=O)c2cc(Br)cs2)cc1COc1ccc(C)cc1Cl. The quantitative estimate of drug-likeness (QED) is 0.273. The number of methoxy groups -OCH3 is 1. The van der Waals surface area contributed by atoms with Gasteiger partial charge in [-0.25, -0.2) is 0 Å². The molecule has 0 radical (unpaired) electrons. The Labute approximate surface area is 181 Å². The largest absolute Gasteiger partial charge is 0.496 e. The molecule has 0 aliphatic heterocycles. The summed E-state index contributed by atoms with van der Waals surface area (Å²) in [7, 11) is 1.62. The van der Waals surface area contributed by atoms with Gasteiger partial charge in [-0.3, -0.25) is 4.79 Å². The fraction of sp³-hybridized carbons (Fsp3) is 0.136. The van der Waals surface area contributed by atoms with Gasteiger partial charge in [0.2, 0.25) is 0 Å². The minimum Gasteiger partial charge on any atom is -0.496 e. The number of hydrogen-bond acceptors (Lipinski definition) is 4. The summed E-state index contributed by atoms with van der Waals surface area (Å²) in [6.07, 6.45) is 3.36. The number of hydrogen-bond donors (Lipinski definition) is 0. The zero-order valence-electron chi connectivity index (χ0n) is 15.4. The van der Waals surface area contributed by atoms with Gasteiger partial charge in [0.05, 0.1) is 17.0 Å². The van der Waals surface area contributed by atoms with Gasteiger partial charge >= 0.3 is 0 Å². The molecule has 0 atom stereocenters. The highest BCUT2D eigenvalue weighted by molar-refractivity contribution is 9.10. The number of carbonyl (C=O) groups is 1. The molecule has 2 aromatic carbocycles. The van der Waals surface area contributed by atoms with Crippen molar-refractivity contribution in [1.82, 2.24) is 0 Å². The fourth-order valence-corrected chi connectivity index (χ4v) is 4.23. The van der Waals surface area contributed by atoms with Crippen molar-refractivity contribution in [2.24, 2.45) is 0 Å². The Morgan fingerprint density at radius 2 is 1.96 bits per heavy atom. The monoisotopic (exact) mass is 476 g/mol. The summed E-state index contributed by atoms with van der Waals surface area (Å²) < 4.78 is 12.2. The topological polar surface area (TPSA) is 35.5 Å². The highest BCUT2D eigenvalue weighted by Gasteiger charge is 2.08. The summed E-state index contributed by atoms with van der Waals surface area (Å²) in [4.78, 5) is 12.9. The lowest BCUT2D eigenvalue weighted by Crippen LogP contribution is -2.00. The molecule has 0 saturated carbocycles. The van der Waals surface area contributed by atoms with Gasteiger partial charge in [0.1, 0.15) is 18.1 Å². The number of carbonyl (C=O) groups excluding carboxylic acids is 1. The van der Waals surface area contributed by atoms with Crippen molar-refractivity contribution in [2.75, 3.05) is 7.11 Å². The molecule has 3 rings (SSSR count). The molecule has 0 unspecified atom stereocenters. The molecule has 0 aliphatic carbocycles. The lowest BCUT2D eigenvalue weighted by molar-refractivity contribution is 0.105. The Bertz CT molecular complexity index is 1030. The Morgan fingerprint density at radius 1 is 1.18 bits per heavy atom. The van der Waals surface area contributed by atoms with Gasteiger partial charge in [-0.05, 0) is 70.4 Å². The predicted molar refractivity (Wildman–Crippen MR) is 119 cm³/mol. The van der Waals surface area contributed by atoms with Crippen LogP contribution < -0.4 is 9.47 Å². The molecule has 3 nitrogen and oxygen atoms in total. The van der Waals surface area contributed by atoms with Crippen LogP contribution in [-0.2, 0) is 6.61 Å². The van der Waals surface area contributed by atoms with E-state index in [1.807, 2.05) is 54.8 Å². The van der Waals surface area contributed by atoms with E-state index in [9.17, 15) is 4.79 Å². The van der Waals surface area contributed by atoms with Crippen molar-refractivity contribution in [1.29, 1.82) is 0 Å². The second-order valence-corrected chi connectivity index (χ2v) is 8.35. The molecule has 0 fully saturated rings. The van der Waals surface area contributed by atoms with Crippen molar-refractivity contribution in [3.8, 4) is 11.5 Å². The fourth-order valence-electron chi connectivity index (χ4n) is 2.59. The van der Waals surface area contributed by atoms with Gasteiger partial charge in [0, 0.05) is 15.4 Å². The van der Waals surface area contributed by atoms with Crippen LogP contribution in [0.25, 0.3) is 6.08 Å². The number of halogens is 2. The van der Waals surface area contributed by atoms with Crippen molar-refractivity contribution in [3.63, 3.8) is 0 Å². The molecule has 0 aliphatic rings. The van der Waals surface area contributed by atoms with E-state index >= 15 is 0 Å². The smallest absolute Gasteiger partial charge is 0.195 e. The number of allylic oxidation sites excluding steroid dienone is 1. The highest BCUT2D eigenvalue weighted by atomic mass is 79.9. The van der Waals surface area contributed by atoms with Gasteiger partial charge in [-0.15, -0.1) is 11.3 Å². The van der Waals surface area contributed by atoms with Crippen LogP contribution >= 0.6 is 38.9 Å². The summed E-state index contributed by atoms with van der Waals surface area (Å²) >= 11 is 11.0. The normalized spacial score (nSPS) is 11.0. The first-order valence-corrected chi connectivity index (χ1v) is 10.5. The van der Waals surface area contributed by atoms with E-state index in [2.05, 4.69) is 15.9 Å². The third-order valence-electron chi connectivity index (χ3n) is 4.01. The molecule has 0 bridgehead atoms. The molecular weight excluding hydrogens is 460 g/mol. The summed E-state index contributed by atoms with van der Waals surface area (Å²) in [5.41, 5.74) is 2.83.